The quantitative estimate of drug-likeness (QED) is 0.229. The number of hydrogen-bond acceptors (Lipinski definition) is 10. The number of nitro benzene ring substituents is 2. The lowest BCUT2D eigenvalue weighted by Crippen LogP contribution is -2.02. The van der Waals surface area contributed by atoms with Gasteiger partial charge in [0, 0.05) is 33.1 Å². The van der Waals surface area contributed by atoms with E-state index in [9.17, 15) is 20.2 Å². The lowest BCUT2D eigenvalue weighted by Gasteiger charge is -2.18. The van der Waals surface area contributed by atoms with Gasteiger partial charge in [-0.2, -0.15) is 0 Å². The second-order valence-electron chi connectivity index (χ2n) is 7.38. The van der Waals surface area contributed by atoms with Crippen LogP contribution in [0, 0.1) is 20.2 Å². The van der Waals surface area contributed by atoms with Crippen molar-refractivity contribution >= 4 is 93.1 Å². The average molecular weight is 593 g/mol. The third-order valence-electron chi connectivity index (χ3n) is 5.21. The van der Waals surface area contributed by atoms with E-state index in [1.165, 1.54) is 12.1 Å². The number of para-hydroxylation sites is 2. The lowest BCUT2D eigenvalue weighted by atomic mass is 9.92. The summed E-state index contributed by atoms with van der Waals surface area (Å²) in [7, 11) is 0. The molecule has 0 radical (unpaired) electrons. The first-order valence-electron chi connectivity index (χ1n) is 10.4. The minimum Gasteiger partial charge on any atom is -0.258 e. The van der Waals surface area contributed by atoms with Crippen LogP contribution in [0.15, 0.2) is 75.3 Å². The zero-order valence-corrected chi connectivity index (χ0v) is 24.5. The number of rotatable bonds is 7. The Hall–Kier alpha value is -1.70. The molecule has 2 heterocycles. The molecule has 6 nitrogen and oxygen atoms in total. The van der Waals surface area contributed by atoms with E-state index in [1.807, 2.05) is 26.4 Å². The molecule has 2 aromatic rings. The summed E-state index contributed by atoms with van der Waals surface area (Å²) in [6, 6.07) is 13.3. The van der Waals surface area contributed by atoms with Crippen LogP contribution in [0.2, 0.25) is 0 Å². The monoisotopic (exact) mass is 592 g/mol. The summed E-state index contributed by atoms with van der Waals surface area (Å²) in [5.74, 6) is 0. The largest absolute Gasteiger partial charge is 0.277 e. The maximum absolute atomic E-state index is 12.1. The molecule has 186 valence electrons. The summed E-state index contributed by atoms with van der Waals surface area (Å²) in [6.45, 7) is 4.06. The molecular formula is C24H20N2O4S6. The summed E-state index contributed by atoms with van der Waals surface area (Å²) in [4.78, 5) is 25.7. The summed E-state index contributed by atoms with van der Waals surface area (Å²) in [5.41, 5.74) is 2.14. The van der Waals surface area contributed by atoms with Crippen LogP contribution in [0.3, 0.4) is 0 Å². The molecule has 0 bridgehead atoms. The molecule has 0 N–H and O–H groups in total. The molecule has 2 aromatic carbocycles. The van der Waals surface area contributed by atoms with Crippen molar-refractivity contribution in [3.05, 3.63) is 107 Å². The van der Waals surface area contributed by atoms with E-state index >= 15 is 0 Å². The molecule has 0 spiro atoms. The zero-order chi connectivity index (χ0) is 26.0. The highest BCUT2D eigenvalue weighted by molar-refractivity contribution is 8.36. The van der Waals surface area contributed by atoms with E-state index < -0.39 is 0 Å². The number of thioether (sulfide) groups is 6. The summed E-state index contributed by atoms with van der Waals surface area (Å²) in [6.07, 6.45) is 4.00. The molecule has 36 heavy (non-hydrogen) atoms. The normalized spacial score (nSPS) is 18.7. The number of nitro groups is 2. The highest BCUT2D eigenvalue weighted by atomic mass is 32.2. The van der Waals surface area contributed by atoms with Crippen LogP contribution in [0.1, 0.15) is 25.0 Å². The fourth-order valence-corrected chi connectivity index (χ4v) is 11.2. The zero-order valence-electron chi connectivity index (χ0n) is 19.6. The Morgan fingerprint density at radius 1 is 0.667 bits per heavy atom. The standard InChI is InChI=1S/C24H20N2O4S6/c1-13-21(31-3)35-23(33-13)19(15-9-5-7-11-17(15)25(27)28)20(24-34-14(2)22(32-4)36-24)16-10-6-8-12-18(16)26(29)30/h5-12H,1-4H3/b23-19-,24-20?. The highest BCUT2D eigenvalue weighted by Gasteiger charge is 2.34. The van der Waals surface area contributed by atoms with Gasteiger partial charge in [-0.25, -0.2) is 0 Å². The van der Waals surface area contributed by atoms with Crippen LogP contribution in [-0.2, 0) is 0 Å². The molecule has 0 saturated carbocycles. The van der Waals surface area contributed by atoms with Crippen LogP contribution in [0.4, 0.5) is 11.4 Å². The Labute approximate surface area is 234 Å². The smallest absolute Gasteiger partial charge is 0.258 e. The molecule has 0 unspecified atom stereocenters. The Morgan fingerprint density at radius 3 is 1.33 bits per heavy atom. The van der Waals surface area contributed by atoms with Gasteiger partial charge in [-0.05, 0) is 38.5 Å². The van der Waals surface area contributed by atoms with Gasteiger partial charge in [0.25, 0.3) is 11.4 Å². The number of benzene rings is 2. The average Bonchev–Trinajstić information content (AvgIpc) is 3.43. The number of allylic oxidation sites excluding steroid dienone is 4. The third kappa shape index (κ3) is 5.44. The van der Waals surface area contributed by atoms with Crippen LogP contribution in [0.25, 0.3) is 11.1 Å². The predicted octanol–water partition coefficient (Wildman–Crippen LogP) is 9.60. The first-order chi connectivity index (χ1) is 17.3. The Balaban J connectivity index is 2.11. The van der Waals surface area contributed by atoms with E-state index in [0.717, 1.165) is 26.8 Å². The highest BCUT2D eigenvalue weighted by Crippen LogP contribution is 2.62. The van der Waals surface area contributed by atoms with E-state index in [-0.39, 0.29) is 21.2 Å². The van der Waals surface area contributed by atoms with Crippen LogP contribution < -0.4 is 0 Å². The number of hydrogen-bond donors (Lipinski definition) is 0. The maximum Gasteiger partial charge on any atom is 0.277 e. The van der Waals surface area contributed by atoms with Gasteiger partial charge in [-0.3, -0.25) is 20.2 Å². The molecule has 0 saturated heterocycles. The SMILES string of the molecule is CSC1=C(C)SC(=C(/C(=C2/SC(C)=C(SC)S2)c2ccccc2[N+](=O)[O-])c2ccccc2[N+](=O)[O-])S1. The summed E-state index contributed by atoms with van der Waals surface area (Å²) in [5, 5.41) is 24.3. The van der Waals surface area contributed by atoms with E-state index in [1.54, 1.807) is 107 Å². The lowest BCUT2D eigenvalue weighted by molar-refractivity contribution is -0.385. The molecule has 0 fully saturated rings. The molecule has 2 aliphatic heterocycles. The first kappa shape index (κ1) is 27.3. The van der Waals surface area contributed by atoms with E-state index in [2.05, 4.69) is 0 Å². The minimum atomic E-state index is -0.386. The van der Waals surface area contributed by atoms with E-state index in [0.29, 0.717) is 22.3 Å². The van der Waals surface area contributed by atoms with Crippen molar-refractivity contribution in [2.75, 3.05) is 12.5 Å². The van der Waals surface area contributed by atoms with Crippen LogP contribution in [-0.4, -0.2) is 22.4 Å². The fourth-order valence-electron chi connectivity index (χ4n) is 3.67. The fraction of sp³-hybridized carbons (Fsp3) is 0.167. The van der Waals surface area contributed by atoms with Gasteiger partial charge in [-0.15, -0.1) is 23.5 Å². The molecule has 2 aliphatic rings. The topological polar surface area (TPSA) is 86.3 Å². The van der Waals surface area contributed by atoms with Crippen molar-refractivity contribution in [1.82, 2.24) is 0 Å². The van der Waals surface area contributed by atoms with Gasteiger partial charge < -0.3 is 0 Å². The van der Waals surface area contributed by atoms with E-state index in [4.69, 9.17) is 0 Å². The molecule has 12 heteroatoms. The second-order valence-corrected chi connectivity index (χ2v) is 14.5. The Kier molecular flexibility index (Phi) is 8.95. The molecule has 4 rings (SSSR count). The van der Waals surface area contributed by atoms with Gasteiger partial charge in [0.05, 0.1) is 37.9 Å². The first-order valence-corrected chi connectivity index (χ1v) is 16.2. The number of nitrogens with zero attached hydrogens (tertiary/aromatic N) is 2. The Morgan fingerprint density at radius 2 is 1.03 bits per heavy atom. The van der Waals surface area contributed by atoms with Crippen molar-refractivity contribution in [1.29, 1.82) is 0 Å². The van der Waals surface area contributed by atoms with Crippen molar-refractivity contribution in [3.63, 3.8) is 0 Å². The molecular weight excluding hydrogens is 573 g/mol. The summed E-state index contributed by atoms with van der Waals surface area (Å²) < 4.78 is 3.99. The van der Waals surface area contributed by atoms with Crippen molar-refractivity contribution in [2.24, 2.45) is 0 Å². The van der Waals surface area contributed by atoms with Crippen molar-refractivity contribution in [2.45, 2.75) is 13.8 Å². The minimum absolute atomic E-state index is 0.0316. The maximum atomic E-state index is 12.1. The second kappa shape index (κ2) is 11.8. The predicted molar refractivity (Wildman–Crippen MR) is 163 cm³/mol. The van der Waals surface area contributed by atoms with Crippen molar-refractivity contribution in [3.8, 4) is 0 Å². The molecule has 0 aromatic heterocycles. The van der Waals surface area contributed by atoms with Gasteiger partial charge in [0.2, 0.25) is 0 Å². The van der Waals surface area contributed by atoms with Gasteiger partial charge >= 0.3 is 0 Å². The molecule has 0 atom stereocenters. The summed E-state index contributed by atoms with van der Waals surface area (Å²) >= 11 is 9.51. The Bertz CT molecular complexity index is 1290. The van der Waals surface area contributed by atoms with Gasteiger partial charge in [-0.1, -0.05) is 71.3 Å². The third-order valence-corrected chi connectivity index (χ3v) is 13.1. The van der Waals surface area contributed by atoms with Gasteiger partial charge in [0.1, 0.15) is 0 Å². The van der Waals surface area contributed by atoms with Gasteiger partial charge in [0.15, 0.2) is 0 Å². The van der Waals surface area contributed by atoms with Crippen LogP contribution in [0.5, 0.6) is 0 Å². The molecule has 0 amide bonds. The molecule has 0 aliphatic carbocycles. The van der Waals surface area contributed by atoms with Crippen molar-refractivity contribution < 1.29 is 9.85 Å². The van der Waals surface area contributed by atoms with Crippen LogP contribution >= 0.6 is 70.6 Å².